The summed E-state index contributed by atoms with van der Waals surface area (Å²) < 4.78 is 0. The van der Waals surface area contributed by atoms with E-state index in [1.54, 1.807) is 12.1 Å². The van der Waals surface area contributed by atoms with E-state index in [-0.39, 0.29) is 0 Å². The number of hydrogen-bond donors (Lipinski definition) is 2. The van der Waals surface area contributed by atoms with Crippen LogP contribution in [0.2, 0.25) is 0 Å². The monoisotopic (exact) mass is 276 g/mol. The summed E-state index contributed by atoms with van der Waals surface area (Å²) in [5, 5.41) is 12.4. The number of carboxylic acids is 1. The van der Waals surface area contributed by atoms with Gasteiger partial charge in [0.25, 0.3) is 0 Å². The zero-order valence-electron chi connectivity index (χ0n) is 12.3. The molecule has 0 bridgehead atoms. The van der Waals surface area contributed by atoms with Crippen LogP contribution in [-0.4, -0.2) is 41.1 Å². The fraction of sp³-hybridized carbons (Fsp3) is 0.562. The molecule has 4 heteroatoms. The highest BCUT2D eigenvalue weighted by Crippen LogP contribution is 2.13. The van der Waals surface area contributed by atoms with Crippen LogP contribution in [0.25, 0.3) is 0 Å². The summed E-state index contributed by atoms with van der Waals surface area (Å²) in [6, 6.07) is 8.32. The Morgan fingerprint density at radius 2 is 1.90 bits per heavy atom. The average Bonchev–Trinajstić information content (AvgIpc) is 2.46. The minimum atomic E-state index is -0.870. The van der Waals surface area contributed by atoms with Gasteiger partial charge in [0, 0.05) is 18.6 Å². The summed E-state index contributed by atoms with van der Waals surface area (Å²) in [7, 11) is 0. The molecule has 2 N–H and O–H groups in total. The fourth-order valence-electron chi connectivity index (χ4n) is 2.65. The molecule has 4 nitrogen and oxygen atoms in total. The van der Waals surface area contributed by atoms with Crippen molar-refractivity contribution in [2.75, 3.05) is 13.1 Å². The lowest BCUT2D eigenvalue weighted by Gasteiger charge is -2.35. The van der Waals surface area contributed by atoms with Crippen LogP contribution in [0.4, 0.5) is 0 Å². The van der Waals surface area contributed by atoms with Crippen LogP contribution in [0.5, 0.6) is 0 Å². The van der Waals surface area contributed by atoms with Crippen molar-refractivity contribution in [1.82, 2.24) is 10.2 Å². The number of benzene rings is 1. The van der Waals surface area contributed by atoms with Crippen LogP contribution in [0.3, 0.4) is 0 Å². The smallest absolute Gasteiger partial charge is 0.335 e. The van der Waals surface area contributed by atoms with Crippen LogP contribution in [0.1, 0.15) is 42.6 Å². The molecular formula is C16H24N2O2. The van der Waals surface area contributed by atoms with E-state index in [2.05, 4.69) is 24.1 Å². The second kappa shape index (κ2) is 6.86. The number of carboxylic acid groups (broad SMARTS) is 1. The van der Waals surface area contributed by atoms with Gasteiger partial charge in [-0.05, 0) is 57.5 Å². The molecule has 1 heterocycles. The summed E-state index contributed by atoms with van der Waals surface area (Å²) in [5.41, 5.74) is 1.49. The molecule has 0 unspecified atom stereocenters. The molecule has 0 aliphatic carbocycles. The summed E-state index contributed by atoms with van der Waals surface area (Å²) in [5.74, 6) is -0.870. The third-order valence-electron chi connectivity index (χ3n) is 4.06. The number of carbonyl (C=O) groups is 1. The van der Waals surface area contributed by atoms with E-state index in [9.17, 15) is 4.79 Å². The molecule has 1 aliphatic rings. The molecule has 0 amide bonds. The number of likely N-dealkylation sites (tertiary alicyclic amines) is 1. The first kappa shape index (κ1) is 15.0. The topological polar surface area (TPSA) is 52.6 Å². The van der Waals surface area contributed by atoms with Gasteiger partial charge in [0.1, 0.15) is 0 Å². The molecule has 0 atom stereocenters. The number of aromatic carboxylic acids is 1. The van der Waals surface area contributed by atoms with Gasteiger partial charge in [-0.25, -0.2) is 4.79 Å². The molecule has 1 fully saturated rings. The van der Waals surface area contributed by atoms with Gasteiger partial charge in [0.15, 0.2) is 0 Å². The maximum absolute atomic E-state index is 10.8. The number of nitrogens with zero attached hydrogens (tertiary/aromatic N) is 1. The van der Waals surface area contributed by atoms with Crippen molar-refractivity contribution >= 4 is 5.97 Å². The summed E-state index contributed by atoms with van der Waals surface area (Å²) in [6.45, 7) is 7.63. The van der Waals surface area contributed by atoms with E-state index in [0.29, 0.717) is 17.6 Å². The number of piperidine rings is 1. The Hall–Kier alpha value is -1.39. The van der Waals surface area contributed by atoms with Crippen LogP contribution in [0.15, 0.2) is 24.3 Å². The van der Waals surface area contributed by atoms with Crippen molar-refractivity contribution in [2.45, 2.75) is 45.3 Å². The Labute approximate surface area is 120 Å². The summed E-state index contributed by atoms with van der Waals surface area (Å²) >= 11 is 0. The zero-order valence-corrected chi connectivity index (χ0v) is 12.3. The van der Waals surface area contributed by atoms with Gasteiger partial charge < -0.3 is 15.3 Å². The molecule has 1 saturated heterocycles. The third kappa shape index (κ3) is 4.05. The first-order valence-corrected chi connectivity index (χ1v) is 7.36. The standard InChI is InChI=1S/C16H24N2O2/c1-12(2)18-9-7-15(8-10-18)17-11-13-3-5-14(6-4-13)16(19)20/h3-6,12,15,17H,7-11H2,1-2H3,(H,19,20). The van der Waals surface area contributed by atoms with Crippen molar-refractivity contribution in [3.8, 4) is 0 Å². The highest BCUT2D eigenvalue weighted by atomic mass is 16.4. The van der Waals surface area contributed by atoms with Gasteiger partial charge in [-0.1, -0.05) is 12.1 Å². The van der Waals surface area contributed by atoms with Crippen LogP contribution >= 0.6 is 0 Å². The molecule has 0 saturated carbocycles. The van der Waals surface area contributed by atoms with Gasteiger partial charge in [-0.15, -0.1) is 0 Å². The lowest BCUT2D eigenvalue weighted by molar-refractivity contribution is 0.0697. The van der Waals surface area contributed by atoms with Crippen molar-refractivity contribution < 1.29 is 9.90 Å². The molecule has 0 radical (unpaired) electrons. The van der Waals surface area contributed by atoms with Crippen LogP contribution in [0, 0.1) is 0 Å². The first-order chi connectivity index (χ1) is 9.56. The normalized spacial score (nSPS) is 17.6. The Kier molecular flexibility index (Phi) is 5.15. The molecule has 0 spiro atoms. The Balaban J connectivity index is 1.77. The van der Waals surface area contributed by atoms with E-state index in [1.807, 2.05) is 12.1 Å². The number of hydrogen-bond acceptors (Lipinski definition) is 3. The maximum Gasteiger partial charge on any atom is 0.335 e. The summed E-state index contributed by atoms with van der Waals surface area (Å²) in [6.07, 6.45) is 2.37. The molecular weight excluding hydrogens is 252 g/mol. The van der Waals surface area contributed by atoms with Gasteiger partial charge in [0.2, 0.25) is 0 Å². The van der Waals surface area contributed by atoms with Crippen molar-refractivity contribution in [3.05, 3.63) is 35.4 Å². The lowest BCUT2D eigenvalue weighted by atomic mass is 10.0. The van der Waals surface area contributed by atoms with Crippen molar-refractivity contribution in [3.63, 3.8) is 0 Å². The highest BCUT2D eigenvalue weighted by molar-refractivity contribution is 5.87. The van der Waals surface area contributed by atoms with E-state index in [1.165, 1.54) is 12.8 Å². The predicted molar refractivity (Wildman–Crippen MR) is 80.0 cm³/mol. The van der Waals surface area contributed by atoms with E-state index in [4.69, 9.17) is 5.11 Å². The molecule has 1 aliphatic heterocycles. The highest BCUT2D eigenvalue weighted by Gasteiger charge is 2.20. The predicted octanol–water partition coefficient (Wildman–Crippen LogP) is 2.35. The first-order valence-electron chi connectivity index (χ1n) is 7.36. The van der Waals surface area contributed by atoms with Crippen LogP contribution in [-0.2, 0) is 6.54 Å². The second-order valence-electron chi connectivity index (χ2n) is 5.79. The fourth-order valence-corrected chi connectivity index (χ4v) is 2.65. The van der Waals surface area contributed by atoms with Crippen molar-refractivity contribution in [1.29, 1.82) is 0 Å². The maximum atomic E-state index is 10.8. The van der Waals surface area contributed by atoms with Gasteiger partial charge in [-0.2, -0.15) is 0 Å². The van der Waals surface area contributed by atoms with Crippen molar-refractivity contribution in [2.24, 2.45) is 0 Å². The SMILES string of the molecule is CC(C)N1CCC(NCc2ccc(C(=O)O)cc2)CC1. The Bertz CT molecular complexity index is 434. The average molecular weight is 276 g/mol. The molecule has 2 rings (SSSR count). The van der Waals surface area contributed by atoms with Crippen LogP contribution < -0.4 is 5.32 Å². The molecule has 1 aromatic carbocycles. The number of rotatable bonds is 5. The zero-order chi connectivity index (χ0) is 14.5. The van der Waals surface area contributed by atoms with E-state index < -0.39 is 5.97 Å². The Morgan fingerprint density at radius 1 is 1.30 bits per heavy atom. The minimum absolute atomic E-state index is 0.346. The molecule has 110 valence electrons. The van der Waals surface area contributed by atoms with E-state index in [0.717, 1.165) is 25.2 Å². The second-order valence-corrected chi connectivity index (χ2v) is 5.79. The molecule has 1 aromatic rings. The van der Waals surface area contributed by atoms with Gasteiger partial charge in [-0.3, -0.25) is 0 Å². The Morgan fingerprint density at radius 3 is 2.40 bits per heavy atom. The van der Waals surface area contributed by atoms with Gasteiger partial charge in [0.05, 0.1) is 5.56 Å². The minimum Gasteiger partial charge on any atom is -0.478 e. The van der Waals surface area contributed by atoms with E-state index >= 15 is 0 Å². The van der Waals surface area contributed by atoms with Gasteiger partial charge >= 0.3 is 5.97 Å². The lowest BCUT2D eigenvalue weighted by Crippen LogP contribution is -2.44. The largest absolute Gasteiger partial charge is 0.478 e. The third-order valence-corrected chi connectivity index (χ3v) is 4.06. The number of nitrogens with one attached hydrogen (secondary N) is 1. The molecule has 0 aromatic heterocycles. The quantitative estimate of drug-likeness (QED) is 0.867. The molecule has 20 heavy (non-hydrogen) atoms. The summed E-state index contributed by atoms with van der Waals surface area (Å²) in [4.78, 5) is 13.3.